The highest BCUT2D eigenvalue weighted by Crippen LogP contribution is 2.44. The third-order valence-electron chi connectivity index (χ3n) is 4.36. The third kappa shape index (κ3) is 6.69. The van der Waals surface area contributed by atoms with Gasteiger partial charge in [0.05, 0.1) is 11.9 Å². The van der Waals surface area contributed by atoms with Gasteiger partial charge < -0.3 is 30.0 Å². The molecule has 0 aliphatic rings. The zero-order valence-corrected chi connectivity index (χ0v) is 17.9. The van der Waals surface area contributed by atoms with Gasteiger partial charge in [-0.2, -0.15) is 23.5 Å². The Morgan fingerprint density at radius 3 is 1.89 bits per heavy atom. The molecule has 8 heteroatoms. The van der Waals surface area contributed by atoms with Gasteiger partial charge in [-0.05, 0) is 48.3 Å². The van der Waals surface area contributed by atoms with Crippen molar-refractivity contribution >= 4 is 35.5 Å². The van der Waals surface area contributed by atoms with Crippen LogP contribution < -0.4 is 10.2 Å². The first-order chi connectivity index (χ1) is 13.4. The van der Waals surface area contributed by atoms with E-state index >= 15 is 0 Å². The van der Waals surface area contributed by atoms with Crippen molar-refractivity contribution in [1.82, 2.24) is 0 Å². The molecular formula is C20H28O6S2-2. The molecule has 1 rings (SSSR count). The molecule has 0 fully saturated rings. The predicted molar refractivity (Wildman–Crippen MR) is 109 cm³/mol. The Labute approximate surface area is 174 Å². The van der Waals surface area contributed by atoms with E-state index in [1.54, 1.807) is 17.8 Å². The summed E-state index contributed by atoms with van der Waals surface area (Å²) >= 11 is 3.13. The highest BCUT2D eigenvalue weighted by atomic mass is 32.2. The molecule has 0 saturated heterocycles. The van der Waals surface area contributed by atoms with E-state index in [1.165, 1.54) is 17.8 Å². The second-order valence-corrected chi connectivity index (χ2v) is 8.88. The minimum atomic E-state index is -1.54. The predicted octanol–water partition coefficient (Wildman–Crippen LogP) is 1.55. The highest BCUT2D eigenvalue weighted by Gasteiger charge is 2.25. The molecule has 0 aliphatic heterocycles. The first kappa shape index (κ1) is 24.8. The summed E-state index contributed by atoms with van der Waals surface area (Å²) in [6.45, 7) is 4.03. The molecular weight excluding hydrogens is 400 g/mol. The van der Waals surface area contributed by atoms with E-state index in [0.29, 0.717) is 36.3 Å². The summed E-state index contributed by atoms with van der Waals surface area (Å²) in [5, 5.41) is 41.3. The molecule has 0 saturated carbocycles. The Bertz CT molecular complexity index is 650. The van der Waals surface area contributed by atoms with Gasteiger partial charge in [0, 0.05) is 34.8 Å². The van der Waals surface area contributed by atoms with Crippen LogP contribution in [0.3, 0.4) is 0 Å². The average molecular weight is 429 g/mol. The van der Waals surface area contributed by atoms with Crippen molar-refractivity contribution in [2.45, 2.75) is 50.0 Å². The summed E-state index contributed by atoms with van der Waals surface area (Å²) < 4.78 is 0. The largest absolute Gasteiger partial charge is 0.545 e. The average Bonchev–Trinajstić information content (AvgIpc) is 2.68. The van der Waals surface area contributed by atoms with E-state index in [0.717, 1.165) is 12.0 Å². The fourth-order valence-electron chi connectivity index (χ4n) is 3.07. The lowest BCUT2D eigenvalue weighted by Crippen LogP contribution is -2.32. The molecule has 0 bridgehead atoms. The quantitative estimate of drug-likeness (QED) is 0.428. The van der Waals surface area contributed by atoms with Crippen LogP contribution in [0.4, 0.5) is 0 Å². The van der Waals surface area contributed by atoms with Crippen LogP contribution >= 0.6 is 23.5 Å². The van der Waals surface area contributed by atoms with E-state index in [4.69, 9.17) is 10.2 Å². The van der Waals surface area contributed by atoms with E-state index in [-0.39, 0.29) is 34.8 Å². The second-order valence-electron chi connectivity index (χ2n) is 6.26. The Hall–Kier alpha value is -1.22. The van der Waals surface area contributed by atoms with Crippen molar-refractivity contribution in [2.24, 2.45) is 0 Å². The third-order valence-corrected chi connectivity index (χ3v) is 7.37. The van der Waals surface area contributed by atoms with Gasteiger partial charge >= 0.3 is 0 Å². The molecule has 0 aromatic heterocycles. The van der Waals surface area contributed by atoms with E-state index < -0.39 is 11.9 Å². The number of rotatable bonds is 14. The van der Waals surface area contributed by atoms with Crippen LogP contribution in [0.5, 0.6) is 0 Å². The smallest absolute Gasteiger partial charge is 0.0725 e. The molecule has 158 valence electrons. The Morgan fingerprint density at radius 1 is 0.929 bits per heavy atom. The maximum Gasteiger partial charge on any atom is 0.0725 e. The number of aromatic carboxylic acids is 2. The highest BCUT2D eigenvalue weighted by molar-refractivity contribution is 7.99. The fraction of sp³-hybridized carbons (Fsp3) is 0.600. The van der Waals surface area contributed by atoms with Crippen molar-refractivity contribution in [3.63, 3.8) is 0 Å². The summed E-state index contributed by atoms with van der Waals surface area (Å²) in [6.07, 6.45) is 2.54. The topological polar surface area (TPSA) is 121 Å². The van der Waals surface area contributed by atoms with Crippen molar-refractivity contribution < 1.29 is 30.0 Å². The van der Waals surface area contributed by atoms with Crippen LogP contribution in [0.15, 0.2) is 12.1 Å². The molecule has 0 spiro atoms. The number of carbonyl (C=O) groups excluding carboxylic acids is 2. The zero-order valence-electron chi connectivity index (χ0n) is 16.3. The summed E-state index contributed by atoms with van der Waals surface area (Å²) in [6, 6.07) is 2.97. The minimum absolute atomic E-state index is 0.0251. The van der Waals surface area contributed by atoms with Crippen molar-refractivity contribution in [3.05, 3.63) is 34.4 Å². The summed E-state index contributed by atoms with van der Waals surface area (Å²) in [5.74, 6) is -1.72. The number of hydrogen-bond donors (Lipinski definition) is 2. The van der Waals surface area contributed by atoms with Crippen LogP contribution in [0.2, 0.25) is 0 Å². The van der Waals surface area contributed by atoms with Gasteiger partial charge in [-0.15, -0.1) is 0 Å². The fourth-order valence-corrected chi connectivity index (χ4v) is 5.50. The van der Waals surface area contributed by atoms with Crippen LogP contribution in [0.25, 0.3) is 0 Å². The molecule has 2 N–H and O–H groups in total. The van der Waals surface area contributed by atoms with Crippen molar-refractivity contribution in [1.29, 1.82) is 0 Å². The minimum Gasteiger partial charge on any atom is -0.545 e. The molecule has 1 aromatic carbocycles. The molecule has 1 aromatic rings. The number of aliphatic hydroxyl groups excluding tert-OH is 2. The lowest BCUT2D eigenvalue weighted by atomic mass is 9.90. The normalized spacial score (nSPS) is 13.3. The van der Waals surface area contributed by atoms with Crippen molar-refractivity contribution in [3.8, 4) is 0 Å². The van der Waals surface area contributed by atoms with Gasteiger partial charge in [-0.1, -0.05) is 26.0 Å². The number of carbonyl (C=O) groups is 2. The number of aliphatic hydroxyl groups is 2. The number of carboxylic acid groups (broad SMARTS) is 2. The Balaban J connectivity index is 3.53. The molecule has 0 aliphatic carbocycles. The van der Waals surface area contributed by atoms with E-state index in [1.807, 2.05) is 13.8 Å². The lowest BCUT2D eigenvalue weighted by Gasteiger charge is -2.29. The van der Waals surface area contributed by atoms with Gasteiger partial charge in [-0.3, -0.25) is 0 Å². The first-order valence-electron chi connectivity index (χ1n) is 9.47. The summed E-state index contributed by atoms with van der Waals surface area (Å²) in [5.41, 5.74) is 0.603. The number of hydrogen-bond acceptors (Lipinski definition) is 8. The Kier molecular flexibility index (Phi) is 11.6. The molecule has 28 heavy (non-hydrogen) atoms. The SMILES string of the molecule is CCC(SCCCO)c1ccc(C(=O)[O-])c(C(=O)[O-])c1C(CC)SCCCO. The second kappa shape index (κ2) is 13.1. The van der Waals surface area contributed by atoms with Crippen LogP contribution in [0, 0.1) is 0 Å². The summed E-state index contributed by atoms with van der Waals surface area (Å²) in [4.78, 5) is 23.5. The molecule has 0 radical (unpaired) electrons. The van der Waals surface area contributed by atoms with Crippen LogP contribution in [0.1, 0.15) is 81.9 Å². The maximum atomic E-state index is 11.9. The molecule has 2 atom stereocenters. The Morgan fingerprint density at radius 2 is 1.46 bits per heavy atom. The number of thioether (sulfide) groups is 2. The maximum absolute atomic E-state index is 11.9. The molecule has 2 unspecified atom stereocenters. The lowest BCUT2D eigenvalue weighted by molar-refractivity contribution is -0.259. The summed E-state index contributed by atoms with van der Waals surface area (Å²) in [7, 11) is 0. The van der Waals surface area contributed by atoms with E-state index in [9.17, 15) is 19.8 Å². The van der Waals surface area contributed by atoms with Gasteiger partial charge in [0.15, 0.2) is 0 Å². The standard InChI is InChI=1S/C20H30O6S2/c1-3-15(27-11-5-9-21)13-7-8-14(19(23)24)18(20(25)26)17(13)16(4-2)28-12-6-10-22/h7-8,15-16,21-22H,3-6,9-12H2,1-2H3,(H,23,24)(H,25,26)/p-2. The molecule has 6 nitrogen and oxygen atoms in total. The van der Waals surface area contributed by atoms with Gasteiger partial charge in [-0.25, -0.2) is 0 Å². The van der Waals surface area contributed by atoms with Crippen molar-refractivity contribution in [2.75, 3.05) is 24.7 Å². The number of benzene rings is 1. The zero-order chi connectivity index (χ0) is 21.1. The monoisotopic (exact) mass is 428 g/mol. The first-order valence-corrected chi connectivity index (χ1v) is 11.6. The van der Waals surface area contributed by atoms with Crippen LogP contribution in [-0.2, 0) is 0 Å². The van der Waals surface area contributed by atoms with Gasteiger partial charge in [0.1, 0.15) is 0 Å². The number of carboxylic acids is 2. The van der Waals surface area contributed by atoms with Crippen LogP contribution in [-0.4, -0.2) is 46.9 Å². The van der Waals surface area contributed by atoms with E-state index in [2.05, 4.69) is 0 Å². The molecule has 0 amide bonds. The van der Waals surface area contributed by atoms with Gasteiger partial charge in [0.2, 0.25) is 0 Å². The molecule has 0 heterocycles. The van der Waals surface area contributed by atoms with Gasteiger partial charge in [0.25, 0.3) is 0 Å².